The number of hydrazone groups is 1. The largest absolute Gasteiger partial charge is 0.253 e. The lowest BCUT2D eigenvalue weighted by Gasteiger charge is -2.31. The van der Waals surface area contributed by atoms with Crippen LogP contribution in [0, 0.1) is 5.92 Å². The number of rotatable bonds is 9. The highest BCUT2D eigenvalue weighted by Gasteiger charge is 2.29. The van der Waals surface area contributed by atoms with Crippen molar-refractivity contribution >= 4 is 32.7 Å². The summed E-state index contributed by atoms with van der Waals surface area (Å²) in [6, 6.07) is 25.8. The second kappa shape index (κ2) is 12.2. The van der Waals surface area contributed by atoms with Gasteiger partial charge in [-0.25, -0.2) is 13.4 Å². The molecule has 1 fully saturated rings. The van der Waals surface area contributed by atoms with E-state index in [1.807, 2.05) is 23.6 Å². The third-order valence-electron chi connectivity index (χ3n) is 7.21. The van der Waals surface area contributed by atoms with Crippen molar-refractivity contribution < 1.29 is 8.42 Å². The molecule has 202 valence electrons. The normalized spacial score (nSPS) is 15.3. The minimum atomic E-state index is -3.51. The van der Waals surface area contributed by atoms with Crippen LogP contribution in [0.15, 0.2) is 94.2 Å². The Morgan fingerprint density at radius 2 is 1.69 bits per heavy atom. The van der Waals surface area contributed by atoms with Crippen LogP contribution in [0.5, 0.6) is 0 Å². The molecular formula is C31H34N4O2S2. The molecule has 3 aromatic carbocycles. The second-order valence-corrected chi connectivity index (χ2v) is 13.1. The standard InChI is InChI=1S/C31H34N4O2S2/c1-23(2)27-10-8-26(9-11-27)21-32-34-31-33-30(22-38-31)28-12-14-29(15-13-28)39(36,37)35-18-16-25(17-19-35)20-24-6-4-3-5-7-24/h3-15,21-23,25H,16-20H2,1-2H3,(H,33,34)/b32-21+. The fourth-order valence-corrected chi connectivity index (χ4v) is 6.97. The summed E-state index contributed by atoms with van der Waals surface area (Å²) in [6.07, 6.45) is 4.54. The van der Waals surface area contributed by atoms with Crippen LogP contribution in [0.25, 0.3) is 11.3 Å². The smallest absolute Gasteiger partial charge is 0.243 e. The van der Waals surface area contributed by atoms with Gasteiger partial charge in [-0.3, -0.25) is 5.43 Å². The highest BCUT2D eigenvalue weighted by molar-refractivity contribution is 7.89. The maximum absolute atomic E-state index is 13.3. The molecule has 2 heterocycles. The van der Waals surface area contributed by atoms with Crippen LogP contribution in [0.4, 0.5) is 5.13 Å². The summed E-state index contributed by atoms with van der Waals surface area (Å²) in [6.45, 7) is 5.47. The van der Waals surface area contributed by atoms with Gasteiger partial charge in [-0.1, -0.05) is 80.6 Å². The number of nitrogens with one attached hydrogen (secondary N) is 1. The number of benzene rings is 3. The highest BCUT2D eigenvalue weighted by Crippen LogP contribution is 2.29. The summed E-state index contributed by atoms with van der Waals surface area (Å²) >= 11 is 1.46. The van der Waals surface area contributed by atoms with E-state index in [1.54, 1.807) is 22.7 Å². The Labute approximate surface area is 235 Å². The summed E-state index contributed by atoms with van der Waals surface area (Å²) in [5, 5.41) is 6.93. The second-order valence-electron chi connectivity index (χ2n) is 10.3. The molecule has 0 spiro atoms. The van der Waals surface area contributed by atoms with Gasteiger partial charge in [0, 0.05) is 24.0 Å². The molecule has 6 nitrogen and oxygen atoms in total. The molecule has 39 heavy (non-hydrogen) atoms. The van der Waals surface area contributed by atoms with Gasteiger partial charge >= 0.3 is 0 Å². The molecule has 1 aromatic heterocycles. The van der Waals surface area contributed by atoms with Gasteiger partial charge < -0.3 is 0 Å². The Kier molecular flexibility index (Phi) is 8.55. The molecule has 8 heteroatoms. The van der Waals surface area contributed by atoms with Crippen LogP contribution in [0.1, 0.15) is 49.3 Å². The fourth-order valence-electron chi connectivity index (χ4n) is 4.83. The van der Waals surface area contributed by atoms with E-state index in [1.165, 1.54) is 22.5 Å². The molecule has 1 aliphatic heterocycles. The number of piperidine rings is 1. The van der Waals surface area contributed by atoms with Crippen molar-refractivity contribution in [3.63, 3.8) is 0 Å². The van der Waals surface area contributed by atoms with Crippen LogP contribution in [0.2, 0.25) is 0 Å². The summed E-state index contributed by atoms with van der Waals surface area (Å²) < 4.78 is 28.2. The summed E-state index contributed by atoms with van der Waals surface area (Å²) in [7, 11) is -3.51. The number of nitrogens with zero attached hydrogens (tertiary/aromatic N) is 3. The lowest BCUT2D eigenvalue weighted by Crippen LogP contribution is -2.38. The van der Waals surface area contributed by atoms with Gasteiger partial charge in [-0.05, 0) is 59.9 Å². The third kappa shape index (κ3) is 6.82. The molecule has 1 N–H and O–H groups in total. The number of thiazole rings is 1. The number of hydrogen-bond acceptors (Lipinski definition) is 6. The zero-order valence-corrected chi connectivity index (χ0v) is 24.0. The Morgan fingerprint density at radius 1 is 1.00 bits per heavy atom. The first-order chi connectivity index (χ1) is 18.9. The lowest BCUT2D eigenvalue weighted by molar-refractivity contribution is 0.273. The Hall–Kier alpha value is -3.33. The van der Waals surface area contributed by atoms with Crippen molar-refractivity contribution in [2.24, 2.45) is 11.0 Å². The van der Waals surface area contributed by atoms with Crippen molar-refractivity contribution in [3.05, 3.63) is 101 Å². The van der Waals surface area contributed by atoms with Crippen LogP contribution < -0.4 is 5.43 Å². The third-order valence-corrected chi connectivity index (χ3v) is 9.87. The molecule has 0 saturated carbocycles. The van der Waals surface area contributed by atoms with E-state index in [-0.39, 0.29) is 0 Å². The number of sulfonamides is 1. The van der Waals surface area contributed by atoms with Crippen molar-refractivity contribution in [2.45, 2.75) is 43.9 Å². The molecule has 0 unspecified atom stereocenters. The van der Waals surface area contributed by atoms with Crippen molar-refractivity contribution in [3.8, 4) is 11.3 Å². The lowest BCUT2D eigenvalue weighted by atomic mass is 9.91. The van der Waals surface area contributed by atoms with Crippen LogP contribution >= 0.6 is 11.3 Å². The topological polar surface area (TPSA) is 74.7 Å². The Morgan fingerprint density at radius 3 is 2.36 bits per heavy atom. The van der Waals surface area contributed by atoms with Gasteiger partial charge in [0.1, 0.15) is 0 Å². The van der Waals surface area contributed by atoms with Gasteiger partial charge in [0.2, 0.25) is 15.2 Å². The summed E-state index contributed by atoms with van der Waals surface area (Å²) in [5.41, 5.74) is 8.27. The Bertz CT molecular complexity index is 1490. The number of aromatic nitrogens is 1. The van der Waals surface area contributed by atoms with Crippen LogP contribution in [0.3, 0.4) is 0 Å². The summed E-state index contributed by atoms with van der Waals surface area (Å²) in [4.78, 5) is 4.94. The number of hydrogen-bond donors (Lipinski definition) is 1. The van der Waals surface area contributed by atoms with Crippen molar-refractivity contribution in [2.75, 3.05) is 18.5 Å². The molecule has 5 rings (SSSR count). The van der Waals surface area contributed by atoms with E-state index in [4.69, 9.17) is 0 Å². The molecule has 0 atom stereocenters. The van der Waals surface area contributed by atoms with Gasteiger partial charge in [-0.15, -0.1) is 11.3 Å². The molecule has 1 aliphatic rings. The monoisotopic (exact) mass is 558 g/mol. The molecular weight excluding hydrogens is 525 g/mol. The quantitative estimate of drug-likeness (QED) is 0.177. The molecule has 0 radical (unpaired) electrons. The molecule has 1 saturated heterocycles. The predicted octanol–water partition coefficient (Wildman–Crippen LogP) is 7.02. The zero-order valence-electron chi connectivity index (χ0n) is 22.3. The molecule has 4 aromatic rings. The van der Waals surface area contributed by atoms with E-state index < -0.39 is 10.0 Å². The first-order valence-corrected chi connectivity index (χ1v) is 15.7. The van der Waals surface area contributed by atoms with Crippen LogP contribution in [-0.2, 0) is 16.4 Å². The van der Waals surface area contributed by atoms with E-state index >= 15 is 0 Å². The van der Waals surface area contributed by atoms with Gasteiger partial charge in [0.15, 0.2) is 0 Å². The summed E-state index contributed by atoms with van der Waals surface area (Å²) in [5.74, 6) is 1.02. The van der Waals surface area contributed by atoms with Crippen LogP contribution in [-0.4, -0.2) is 37.0 Å². The van der Waals surface area contributed by atoms with E-state index in [9.17, 15) is 8.42 Å². The van der Waals surface area contributed by atoms with E-state index in [0.29, 0.717) is 35.0 Å². The van der Waals surface area contributed by atoms with Gasteiger partial charge in [0.25, 0.3) is 0 Å². The highest BCUT2D eigenvalue weighted by atomic mass is 32.2. The van der Waals surface area contributed by atoms with Crippen molar-refractivity contribution in [1.82, 2.24) is 9.29 Å². The maximum atomic E-state index is 13.3. The zero-order chi connectivity index (χ0) is 27.2. The van der Waals surface area contributed by atoms with Gasteiger partial charge in [-0.2, -0.15) is 9.41 Å². The average molecular weight is 559 g/mol. The fraction of sp³-hybridized carbons (Fsp3) is 0.290. The first kappa shape index (κ1) is 27.2. The molecule has 0 bridgehead atoms. The SMILES string of the molecule is CC(C)c1ccc(/C=N/Nc2nc(-c3ccc(S(=O)(=O)N4CCC(Cc5ccccc5)CC4)cc3)cs2)cc1. The first-order valence-electron chi connectivity index (χ1n) is 13.4. The van der Waals surface area contributed by atoms with E-state index in [2.05, 4.69) is 77.9 Å². The molecule has 0 aliphatic carbocycles. The average Bonchev–Trinajstić information content (AvgIpc) is 3.43. The Balaban J connectivity index is 1.16. The van der Waals surface area contributed by atoms with Gasteiger partial charge in [0.05, 0.1) is 16.8 Å². The van der Waals surface area contributed by atoms with Crippen molar-refractivity contribution in [1.29, 1.82) is 0 Å². The van der Waals surface area contributed by atoms with E-state index in [0.717, 1.165) is 36.1 Å². The minimum absolute atomic E-state index is 0.328. The molecule has 0 amide bonds. The minimum Gasteiger partial charge on any atom is -0.253 e. The number of anilines is 1. The predicted molar refractivity (Wildman–Crippen MR) is 161 cm³/mol. The maximum Gasteiger partial charge on any atom is 0.243 e.